The van der Waals surface area contributed by atoms with E-state index in [0.29, 0.717) is 11.8 Å². The molecule has 1 aliphatic rings. The fraction of sp³-hybridized carbons (Fsp3) is 0.579. The van der Waals surface area contributed by atoms with Crippen LogP contribution in [0.3, 0.4) is 0 Å². The molecule has 5 nitrogen and oxygen atoms in total. The molecule has 130 valence electrons. The molecule has 0 saturated carbocycles. The topological polar surface area (TPSA) is 62.4 Å². The highest BCUT2D eigenvalue weighted by Crippen LogP contribution is 2.33. The maximum Gasteiger partial charge on any atom is 0.243 e. The van der Waals surface area contributed by atoms with E-state index in [9.17, 15) is 5.11 Å². The molecule has 0 unspecified atom stereocenters. The quantitative estimate of drug-likeness (QED) is 0.878. The van der Waals surface area contributed by atoms with Gasteiger partial charge in [-0.25, -0.2) is 0 Å². The van der Waals surface area contributed by atoms with E-state index in [1.807, 2.05) is 30.3 Å². The maximum atomic E-state index is 10.6. The largest absolute Gasteiger partial charge is 0.388 e. The van der Waals surface area contributed by atoms with Crippen molar-refractivity contribution in [3.05, 3.63) is 47.6 Å². The molecule has 2 atom stereocenters. The highest BCUT2D eigenvalue weighted by molar-refractivity contribution is 5.18. The van der Waals surface area contributed by atoms with Gasteiger partial charge in [0.25, 0.3) is 0 Å². The molecule has 1 aromatic heterocycles. The van der Waals surface area contributed by atoms with Crippen molar-refractivity contribution in [2.45, 2.75) is 51.7 Å². The molecule has 1 N–H and O–H groups in total. The lowest BCUT2D eigenvalue weighted by Crippen LogP contribution is -2.37. The van der Waals surface area contributed by atoms with Crippen LogP contribution in [-0.2, 0) is 6.42 Å². The van der Waals surface area contributed by atoms with Gasteiger partial charge in [0.15, 0.2) is 5.82 Å². The molecule has 1 fully saturated rings. The fourth-order valence-electron chi connectivity index (χ4n) is 3.46. The minimum atomic E-state index is -0.372. The van der Waals surface area contributed by atoms with Crippen molar-refractivity contribution < 1.29 is 9.63 Å². The summed E-state index contributed by atoms with van der Waals surface area (Å²) in [5.41, 5.74) is 1.02. The van der Waals surface area contributed by atoms with Crippen molar-refractivity contribution >= 4 is 0 Å². The molecule has 5 heteroatoms. The zero-order chi connectivity index (χ0) is 16.9. The number of hydrogen-bond donors (Lipinski definition) is 1. The number of hydrogen-bond acceptors (Lipinski definition) is 5. The zero-order valence-corrected chi connectivity index (χ0v) is 14.6. The highest BCUT2D eigenvalue weighted by Gasteiger charge is 2.30. The van der Waals surface area contributed by atoms with Crippen LogP contribution in [0.5, 0.6) is 0 Å². The van der Waals surface area contributed by atoms with Gasteiger partial charge in [-0.2, -0.15) is 4.98 Å². The minimum Gasteiger partial charge on any atom is -0.388 e. The van der Waals surface area contributed by atoms with Crippen molar-refractivity contribution in [1.82, 2.24) is 15.0 Å². The van der Waals surface area contributed by atoms with Crippen LogP contribution >= 0.6 is 0 Å². The summed E-state index contributed by atoms with van der Waals surface area (Å²) >= 11 is 0. The molecule has 0 amide bonds. The lowest BCUT2D eigenvalue weighted by Gasteiger charge is -2.36. The van der Waals surface area contributed by atoms with Crippen LogP contribution in [0.15, 0.2) is 34.9 Å². The summed E-state index contributed by atoms with van der Waals surface area (Å²) in [6.07, 6.45) is 3.48. The predicted octanol–water partition coefficient (Wildman–Crippen LogP) is 3.53. The summed E-state index contributed by atoms with van der Waals surface area (Å²) in [4.78, 5) is 6.88. The Labute approximate surface area is 143 Å². The zero-order valence-electron chi connectivity index (χ0n) is 14.6. The standard InChI is InChI=1S/C19H27N3O2/c1-3-7-17-20-19(24-21-17)14(2)22-12-10-16(11-13-22)18(23)15-8-5-4-6-9-15/h4-6,8-9,14,16,18,23H,3,7,10-13H2,1-2H3/t14-,18+/m0/s1. The van der Waals surface area contributed by atoms with E-state index >= 15 is 0 Å². The van der Waals surface area contributed by atoms with Crippen molar-refractivity contribution in [3.8, 4) is 0 Å². The first kappa shape index (κ1) is 17.1. The van der Waals surface area contributed by atoms with E-state index in [1.165, 1.54) is 0 Å². The summed E-state index contributed by atoms with van der Waals surface area (Å²) in [6, 6.07) is 10.1. The van der Waals surface area contributed by atoms with Crippen LogP contribution in [0.1, 0.15) is 62.5 Å². The second-order valence-electron chi connectivity index (χ2n) is 6.70. The van der Waals surface area contributed by atoms with E-state index in [1.54, 1.807) is 0 Å². The van der Waals surface area contributed by atoms with Gasteiger partial charge in [0.05, 0.1) is 12.1 Å². The molecule has 2 aromatic rings. The smallest absolute Gasteiger partial charge is 0.243 e. The third-order valence-electron chi connectivity index (χ3n) is 5.02. The number of aryl methyl sites for hydroxylation is 1. The van der Waals surface area contributed by atoms with E-state index in [4.69, 9.17) is 4.52 Å². The SMILES string of the molecule is CCCc1noc([C@H](C)N2CCC([C@H](O)c3ccccc3)CC2)n1. The molecular formula is C19H27N3O2. The van der Waals surface area contributed by atoms with Gasteiger partial charge in [-0.1, -0.05) is 42.4 Å². The molecular weight excluding hydrogens is 302 g/mol. The van der Waals surface area contributed by atoms with Gasteiger partial charge in [0.1, 0.15) is 0 Å². The first-order valence-electron chi connectivity index (χ1n) is 8.98. The van der Waals surface area contributed by atoms with Gasteiger partial charge >= 0.3 is 0 Å². The van der Waals surface area contributed by atoms with Gasteiger partial charge in [-0.15, -0.1) is 0 Å². The van der Waals surface area contributed by atoms with Crippen molar-refractivity contribution in [2.24, 2.45) is 5.92 Å². The Hall–Kier alpha value is -1.72. The summed E-state index contributed by atoms with van der Waals surface area (Å²) in [5, 5.41) is 14.6. The Morgan fingerprint density at radius 1 is 1.25 bits per heavy atom. The molecule has 3 rings (SSSR count). The number of aliphatic hydroxyl groups excluding tert-OH is 1. The third-order valence-corrected chi connectivity index (χ3v) is 5.02. The van der Waals surface area contributed by atoms with E-state index in [2.05, 4.69) is 28.9 Å². The molecule has 0 aliphatic carbocycles. The molecule has 1 aromatic carbocycles. The summed E-state index contributed by atoms with van der Waals surface area (Å²) in [7, 11) is 0. The van der Waals surface area contributed by atoms with Crippen LogP contribution in [0, 0.1) is 5.92 Å². The molecule has 0 bridgehead atoms. The summed E-state index contributed by atoms with van der Waals surface area (Å²) in [5.74, 6) is 1.82. The van der Waals surface area contributed by atoms with E-state index in [0.717, 1.165) is 50.2 Å². The van der Waals surface area contributed by atoms with Gasteiger partial charge in [0, 0.05) is 6.42 Å². The van der Waals surface area contributed by atoms with Crippen molar-refractivity contribution in [2.75, 3.05) is 13.1 Å². The van der Waals surface area contributed by atoms with Gasteiger partial charge in [-0.3, -0.25) is 4.90 Å². The van der Waals surface area contributed by atoms with Gasteiger partial charge in [0.2, 0.25) is 5.89 Å². The molecule has 2 heterocycles. The molecule has 0 radical (unpaired) electrons. The molecule has 1 aliphatic heterocycles. The first-order valence-corrected chi connectivity index (χ1v) is 8.98. The van der Waals surface area contributed by atoms with Crippen LogP contribution in [0.4, 0.5) is 0 Å². The monoisotopic (exact) mass is 329 g/mol. The number of likely N-dealkylation sites (tertiary alicyclic amines) is 1. The fourth-order valence-corrected chi connectivity index (χ4v) is 3.46. The van der Waals surface area contributed by atoms with Crippen LogP contribution in [0.25, 0.3) is 0 Å². The molecule has 1 saturated heterocycles. The molecule has 24 heavy (non-hydrogen) atoms. The van der Waals surface area contributed by atoms with E-state index < -0.39 is 0 Å². The van der Waals surface area contributed by atoms with Crippen LogP contribution in [0.2, 0.25) is 0 Å². The second kappa shape index (κ2) is 7.90. The normalized spacial score (nSPS) is 19.3. The maximum absolute atomic E-state index is 10.6. The number of benzene rings is 1. The molecule has 0 spiro atoms. The minimum absolute atomic E-state index is 0.137. The lowest BCUT2D eigenvalue weighted by molar-refractivity contribution is 0.0420. The summed E-state index contributed by atoms with van der Waals surface area (Å²) < 4.78 is 5.42. The number of piperidine rings is 1. The average molecular weight is 329 g/mol. The van der Waals surface area contributed by atoms with E-state index in [-0.39, 0.29) is 12.1 Å². The summed E-state index contributed by atoms with van der Waals surface area (Å²) in [6.45, 7) is 6.13. The third kappa shape index (κ3) is 3.84. The highest BCUT2D eigenvalue weighted by atomic mass is 16.5. The number of rotatable bonds is 6. The first-order chi connectivity index (χ1) is 11.7. The number of nitrogens with zero attached hydrogens (tertiary/aromatic N) is 3. The van der Waals surface area contributed by atoms with Crippen LogP contribution in [-0.4, -0.2) is 33.2 Å². The van der Waals surface area contributed by atoms with Gasteiger partial charge in [-0.05, 0) is 50.8 Å². The number of aromatic nitrogens is 2. The van der Waals surface area contributed by atoms with Gasteiger partial charge < -0.3 is 9.63 Å². The Morgan fingerprint density at radius 3 is 2.62 bits per heavy atom. The van der Waals surface area contributed by atoms with Crippen molar-refractivity contribution in [3.63, 3.8) is 0 Å². The van der Waals surface area contributed by atoms with Crippen molar-refractivity contribution in [1.29, 1.82) is 0 Å². The Kier molecular flexibility index (Phi) is 5.63. The number of aliphatic hydroxyl groups is 1. The van der Waals surface area contributed by atoms with Crippen LogP contribution < -0.4 is 0 Å². The predicted molar refractivity (Wildman–Crippen MR) is 92.4 cm³/mol. The average Bonchev–Trinajstić information content (AvgIpc) is 3.10. The Bertz CT molecular complexity index is 621. The Balaban J connectivity index is 1.56. The lowest BCUT2D eigenvalue weighted by atomic mass is 9.87. The Morgan fingerprint density at radius 2 is 1.96 bits per heavy atom. The second-order valence-corrected chi connectivity index (χ2v) is 6.70.